The molecule has 2 aromatic rings. The molecular formula is C21H26ClN3O5S2. The molecule has 0 aliphatic carbocycles. The summed E-state index contributed by atoms with van der Waals surface area (Å²) in [5.41, 5.74) is 1.63. The van der Waals surface area contributed by atoms with Crippen molar-refractivity contribution in [3.63, 3.8) is 0 Å². The smallest absolute Gasteiger partial charge is 0.274 e. The maximum Gasteiger partial charge on any atom is 0.274 e. The van der Waals surface area contributed by atoms with E-state index in [0.29, 0.717) is 0 Å². The second-order valence-electron chi connectivity index (χ2n) is 9.06. The fourth-order valence-electron chi connectivity index (χ4n) is 3.51. The van der Waals surface area contributed by atoms with Gasteiger partial charge in [0.2, 0.25) is 15.0 Å². The number of hydrogen-bond acceptors (Lipinski definition) is 7. The lowest BCUT2D eigenvalue weighted by molar-refractivity contribution is 0.0674. The Bertz CT molecular complexity index is 1240. The van der Waals surface area contributed by atoms with E-state index in [9.17, 15) is 21.6 Å². The molecule has 32 heavy (non-hydrogen) atoms. The van der Waals surface area contributed by atoms with Crippen molar-refractivity contribution >= 4 is 37.2 Å². The summed E-state index contributed by atoms with van der Waals surface area (Å²) in [6, 6.07) is 7.18. The van der Waals surface area contributed by atoms with E-state index in [1.54, 1.807) is 0 Å². The minimum Gasteiger partial charge on any atom is -0.329 e. The SMILES string of the molecule is CC(C)(C)c1ccc(CN(C(=O)c2nc(S(C)(=O)=O)ncc2Cl)[C@@H]2CCS(=O)(=O)C2)cc1. The lowest BCUT2D eigenvalue weighted by Crippen LogP contribution is -2.41. The number of hydrogen-bond donors (Lipinski definition) is 0. The Morgan fingerprint density at radius 1 is 1.22 bits per heavy atom. The average molecular weight is 500 g/mol. The maximum absolute atomic E-state index is 13.4. The Hall–Kier alpha value is -2.04. The molecule has 8 nitrogen and oxygen atoms in total. The largest absolute Gasteiger partial charge is 0.329 e. The van der Waals surface area contributed by atoms with E-state index in [1.165, 1.54) is 4.90 Å². The Balaban J connectivity index is 1.99. The Labute approximate surface area is 193 Å². The van der Waals surface area contributed by atoms with E-state index in [1.807, 2.05) is 24.3 Å². The standard InChI is InChI=1S/C21H26ClN3O5S2/c1-21(2,3)15-7-5-14(6-8-15)12-25(16-9-10-32(29,30)13-16)19(26)18-17(22)11-23-20(24-18)31(4,27)28/h5-8,11,16H,9-10,12-13H2,1-4H3/t16-/m1/s1. The highest BCUT2D eigenvalue weighted by atomic mass is 35.5. The van der Waals surface area contributed by atoms with Gasteiger partial charge in [0.15, 0.2) is 15.5 Å². The van der Waals surface area contributed by atoms with Crippen LogP contribution < -0.4 is 0 Å². The van der Waals surface area contributed by atoms with Crippen LogP contribution in [0.5, 0.6) is 0 Å². The first kappa shape index (κ1) is 24.6. The summed E-state index contributed by atoms with van der Waals surface area (Å²) in [5.74, 6) is -0.818. The van der Waals surface area contributed by atoms with E-state index < -0.39 is 36.8 Å². The number of benzene rings is 1. The van der Waals surface area contributed by atoms with Gasteiger partial charge in [0.1, 0.15) is 0 Å². The molecule has 1 amide bonds. The summed E-state index contributed by atoms with van der Waals surface area (Å²) in [5, 5.41) is -0.616. The van der Waals surface area contributed by atoms with E-state index in [4.69, 9.17) is 11.6 Å². The normalized spacial score (nSPS) is 18.5. The molecule has 0 N–H and O–H groups in total. The van der Waals surface area contributed by atoms with Gasteiger partial charge in [-0.3, -0.25) is 4.79 Å². The lowest BCUT2D eigenvalue weighted by Gasteiger charge is -2.29. The maximum atomic E-state index is 13.4. The minimum atomic E-state index is -3.76. The van der Waals surface area contributed by atoms with Gasteiger partial charge in [-0.1, -0.05) is 56.6 Å². The third kappa shape index (κ3) is 5.65. The van der Waals surface area contributed by atoms with Gasteiger partial charge in [-0.25, -0.2) is 26.8 Å². The first-order valence-electron chi connectivity index (χ1n) is 10.0. The van der Waals surface area contributed by atoms with Gasteiger partial charge >= 0.3 is 0 Å². The van der Waals surface area contributed by atoms with Crippen molar-refractivity contribution in [1.29, 1.82) is 0 Å². The van der Waals surface area contributed by atoms with Gasteiger partial charge in [-0.05, 0) is 23.0 Å². The fourth-order valence-corrected chi connectivity index (χ4v) is 5.91. The summed E-state index contributed by atoms with van der Waals surface area (Å²) in [6.07, 6.45) is 2.29. The van der Waals surface area contributed by atoms with Crippen molar-refractivity contribution in [2.75, 3.05) is 17.8 Å². The topological polar surface area (TPSA) is 114 Å². The summed E-state index contributed by atoms with van der Waals surface area (Å²) in [4.78, 5) is 22.4. The zero-order valence-electron chi connectivity index (χ0n) is 18.4. The molecule has 0 saturated carbocycles. The molecule has 1 aliphatic heterocycles. The number of carbonyl (C=O) groups excluding carboxylic acids is 1. The molecule has 0 spiro atoms. The van der Waals surface area contributed by atoms with Gasteiger partial charge in [0.05, 0.1) is 22.7 Å². The Kier molecular flexibility index (Phi) is 6.70. The molecular weight excluding hydrogens is 474 g/mol. The summed E-state index contributed by atoms with van der Waals surface area (Å²) in [6.45, 7) is 6.42. The van der Waals surface area contributed by atoms with E-state index in [2.05, 4.69) is 30.7 Å². The van der Waals surface area contributed by atoms with Crippen LogP contribution in [0.15, 0.2) is 35.6 Å². The van der Waals surface area contributed by atoms with E-state index >= 15 is 0 Å². The van der Waals surface area contributed by atoms with Crippen molar-refractivity contribution < 1.29 is 21.6 Å². The molecule has 1 aromatic carbocycles. The third-order valence-electron chi connectivity index (χ3n) is 5.34. The highest BCUT2D eigenvalue weighted by Crippen LogP contribution is 2.26. The highest BCUT2D eigenvalue weighted by Gasteiger charge is 2.36. The monoisotopic (exact) mass is 499 g/mol. The Morgan fingerprint density at radius 2 is 1.84 bits per heavy atom. The number of halogens is 1. The zero-order chi connectivity index (χ0) is 23.9. The molecule has 0 unspecified atom stereocenters. The lowest BCUT2D eigenvalue weighted by atomic mass is 9.86. The van der Waals surface area contributed by atoms with Gasteiger partial charge < -0.3 is 4.90 Å². The van der Waals surface area contributed by atoms with Crippen LogP contribution >= 0.6 is 11.6 Å². The molecule has 0 radical (unpaired) electrons. The molecule has 1 fully saturated rings. The number of aromatic nitrogens is 2. The van der Waals surface area contributed by atoms with Crippen molar-refractivity contribution in [3.8, 4) is 0 Å². The zero-order valence-corrected chi connectivity index (χ0v) is 20.8. The van der Waals surface area contributed by atoms with Crippen LogP contribution in [0.2, 0.25) is 5.02 Å². The number of sulfone groups is 2. The predicted octanol–water partition coefficient (Wildman–Crippen LogP) is 2.66. The third-order valence-corrected chi connectivity index (χ3v) is 8.23. The van der Waals surface area contributed by atoms with Crippen molar-refractivity contribution in [3.05, 3.63) is 52.3 Å². The molecule has 174 valence electrons. The quantitative estimate of drug-likeness (QED) is 0.581. The van der Waals surface area contributed by atoms with Crippen LogP contribution in [0.1, 0.15) is 48.8 Å². The molecule has 2 heterocycles. The first-order valence-corrected chi connectivity index (χ1v) is 14.1. The van der Waals surface area contributed by atoms with Crippen LogP contribution in [0, 0.1) is 0 Å². The first-order chi connectivity index (χ1) is 14.7. The van der Waals surface area contributed by atoms with Crippen molar-refractivity contribution in [2.45, 2.75) is 50.4 Å². The Morgan fingerprint density at radius 3 is 2.34 bits per heavy atom. The second-order valence-corrected chi connectivity index (χ2v) is 13.6. The van der Waals surface area contributed by atoms with Crippen LogP contribution in [0.4, 0.5) is 0 Å². The van der Waals surface area contributed by atoms with Crippen LogP contribution in [-0.2, 0) is 31.6 Å². The number of carbonyl (C=O) groups is 1. The van der Waals surface area contributed by atoms with Crippen LogP contribution in [0.25, 0.3) is 0 Å². The fraction of sp³-hybridized carbons (Fsp3) is 0.476. The average Bonchev–Trinajstić information content (AvgIpc) is 3.04. The van der Waals surface area contributed by atoms with E-state index in [-0.39, 0.29) is 40.6 Å². The van der Waals surface area contributed by atoms with Crippen LogP contribution in [-0.4, -0.2) is 61.4 Å². The molecule has 3 rings (SSSR count). The molecule has 1 saturated heterocycles. The second kappa shape index (κ2) is 8.72. The van der Waals surface area contributed by atoms with Gasteiger partial charge in [-0.2, -0.15) is 0 Å². The van der Waals surface area contributed by atoms with Crippen LogP contribution in [0.3, 0.4) is 0 Å². The van der Waals surface area contributed by atoms with Crippen molar-refractivity contribution in [1.82, 2.24) is 14.9 Å². The molecule has 1 aliphatic rings. The summed E-state index contributed by atoms with van der Waals surface area (Å²) < 4.78 is 47.9. The molecule has 1 atom stereocenters. The minimum absolute atomic E-state index is 0.0174. The number of nitrogens with zero attached hydrogens (tertiary/aromatic N) is 3. The van der Waals surface area contributed by atoms with Crippen molar-refractivity contribution in [2.24, 2.45) is 0 Å². The molecule has 0 bridgehead atoms. The molecule has 11 heteroatoms. The van der Waals surface area contributed by atoms with Gasteiger partial charge in [0, 0.05) is 18.8 Å². The highest BCUT2D eigenvalue weighted by molar-refractivity contribution is 7.91. The van der Waals surface area contributed by atoms with E-state index in [0.717, 1.165) is 23.6 Å². The van der Waals surface area contributed by atoms with Gasteiger partial charge in [0.25, 0.3) is 5.91 Å². The number of amides is 1. The molecule has 1 aromatic heterocycles. The summed E-state index contributed by atoms with van der Waals surface area (Å²) >= 11 is 6.14. The predicted molar refractivity (Wildman–Crippen MR) is 122 cm³/mol. The summed E-state index contributed by atoms with van der Waals surface area (Å²) in [7, 11) is -7.04. The van der Waals surface area contributed by atoms with Gasteiger partial charge in [-0.15, -0.1) is 0 Å². The number of rotatable bonds is 5.